The molecule has 2 aromatic heterocycles. The zero-order chi connectivity index (χ0) is 20.2. The van der Waals surface area contributed by atoms with Gasteiger partial charge in [-0.15, -0.1) is 0 Å². The molecule has 0 saturated carbocycles. The lowest BCUT2D eigenvalue weighted by molar-refractivity contribution is 1.07. The van der Waals surface area contributed by atoms with Gasteiger partial charge in [0.15, 0.2) is 0 Å². The first kappa shape index (κ1) is 17.8. The minimum absolute atomic E-state index is 0.743. The van der Waals surface area contributed by atoms with Crippen molar-refractivity contribution in [2.75, 3.05) is 0 Å². The first-order valence-electron chi connectivity index (χ1n) is 9.77. The fourth-order valence-electron chi connectivity index (χ4n) is 4.42. The van der Waals surface area contributed by atoms with E-state index < -0.39 is 0 Å². The van der Waals surface area contributed by atoms with Gasteiger partial charge in [0.1, 0.15) is 5.65 Å². The summed E-state index contributed by atoms with van der Waals surface area (Å²) >= 11 is 10.1. The van der Waals surface area contributed by atoms with E-state index in [1.54, 1.807) is 0 Å². The van der Waals surface area contributed by atoms with Crippen molar-refractivity contribution in [3.05, 3.63) is 107 Å². The molecule has 6 rings (SSSR count). The average Bonchev–Trinajstić information content (AvgIpc) is 3.26. The standard InChI is InChI=1S/C26H16BrClN2/c27-17-11-13-21-24(15-17)30(20-9-5-2-6-10-20)26-25(21)22-16-18(28)12-14-23(22)29(26)19-7-3-1-4-8-19/h1-16H. The van der Waals surface area contributed by atoms with E-state index in [-0.39, 0.29) is 0 Å². The Morgan fingerprint density at radius 2 is 1.23 bits per heavy atom. The van der Waals surface area contributed by atoms with Gasteiger partial charge in [-0.1, -0.05) is 70.0 Å². The van der Waals surface area contributed by atoms with E-state index in [1.165, 1.54) is 10.8 Å². The van der Waals surface area contributed by atoms with Crippen LogP contribution in [-0.2, 0) is 0 Å². The number of nitrogens with zero attached hydrogens (tertiary/aromatic N) is 2. The maximum Gasteiger partial charge on any atom is 0.131 e. The summed E-state index contributed by atoms with van der Waals surface area (Å²) in [6.45, 7) is 0. The predicted molar refractivity (Wildman–Crippen MR) is 130 cm³/mol. The van der Waals surface area contributed by atoms with Crippen LogP contribution < -0.4 is 0 Å². The molecule has 0 fully saturated rings. The molecule has 0 N–H and O–H groups in total. The first-order valence-corrected chi connectivity index (χ1v) is 10.9. The lowest BCUT2D eigenvalue weighted by Gasteiger charge is -2.13. The van der Waals surface area contributed by atoms with Gasteiger partial charge in [0.05, 0.1) is 11.0 Å². The Morgan fingerprint density at radius 3 is 1.90 bits per heavy atom. The van der Waals surface area contributed by atoms with E-state index in [1.807, 2.05) is 12.1 Å². The van der Waals surface area contributed by atoms with Crippen LogP contribution in [0.25, 0.3) is 44.2 Å². The zero-order valence-corrected chi connectivity index (χ0v) is 18.2. The molecule has 4 heteroatoms. The Kier molecular flexibility index (Phi) is 4.02. The second-order valence-corrected chi connectivity index (χ2v) is 8.72. The summed E-state index contributed by atoms with van der Waals surface area (Å²) in [7, 11) is 0. The number of hydrogen-bond donors (Lipinski definition) is 0. The average molecular weight is 472 g/mol. The van der Waals surface area contributed by atoms with Crippen LogP contribution in [0.3, 0.4) is 0 Å². The molecule has 4 aromatic carbocycles. The highest BCUT2D eigenvalue weighted by molar-refractivity contribution is 9.10. The molecule has 0 spiro atoms. The van der Waals surface area contributed by atoms with E-state index in [9.17, 15) is 0 Å². The molecule has 2 nitrogen and oxygen atoms in total. The summed E-state index contributed by atoms with van der Waals surface area (Å²) < 4.78 is 5.74. The Bertz CT molecular complexity index is 1550. The number of benzene rings is 4. The number of fused-ring (bicyclic) bond motifs is 5. The molecule has 6 aromatic rings. The third-order valence-electron chi connectivity index (χ3n) is 5.61. The van der Waals surface area contributed by atoms with Crippen LogP contribution in [0.1, 0.15) is 0 Å². The van der Waals surface area contributed by atoms with Gasteiger partial charge in [0.2, 0.25) is 0 Å². The lowest BCUT2D eigenvalue weighted by atomic mass is 10.1. The van der Waals surface area contributed by atoms with Crippen molar-refractivity contribution in [1.82, 2.24) is 9.13 Å². The normalized spacial score (nSPS) is 11.7. The molecule has 0 radical (unpaired) electrons. The summed E-state index contributed by atoms with van der Waals surface area (Å²) in [6.07, 6.45) is 0. The molecule has 0 atom stereocenters. The molecule has 0 aliphatic rings. The Labute approximate surface area is 187 Å². The van der Waals surface area contributed by atoms with Crippen molar-refractivity contribution in [3.8, 4) is 11.4 Å². The molecule has 0 saturated heterocycles. The second-order valence-electron chi connectivity index (χ2n) is 7.36. The highest BCUT2D eigenvalue weighted by Gasteiger charge is 2.22. The maximum absolute atomic E-state index is 6.45. The lowest BCUT2D eigenvalue weighted by Crippen LogP contribution is -2.01. The molecular weight excluding hydrogens is 456 g/mol. The molecule has 0 aliphatic carbocycles. The van der Waals surface area contributed by atoms with Crippen molar-refractivity contribution >= 4 is 60.4 Å². The van der Waals surface area contributed by atoms with Gasteiger partial charge in [-0.25, -0.2) is 0 Å². The monoisotopic (exact) mass is 470 g/mol. The number of halogens is 2. The van der Waals surface area contributed by atoms with Crippen LogP contribution in [0.15, 0.2) is 102 Å². The van der Waals surface area contributed by atoms with E-state index in [0.29, 0.717) is 0 Å². The number of hydrogen-bond acceptors (Lipinski definition) is 0. The Morgan fingerprint density at radius 1 is 0.600 bits per heavy atom. The third-order valence-corrected chi connectivity index (χ3v) is 6.34. The fraction of sp³-hybridized carbons (Fsp3) is 0. The molecule has 2 heterocycles. The largest absolute Gasteiger partial charge is 0.295 e. The summed E-state index contributed by atoms with van der Waals surface area (Å²) in [4.78, 5) is 0. The van der Waals surface area contributed by atoms with Gasteiger partial charge in [0, 0.05) is 37.0 Å². The number of aromatic nitrogens is 2. The first-order chi connectivity index (χ1) is 14.7. The van der Waals surface area contributed by atoms with Crippen LogP contribution in [0.4, 0.5) is 0 Å². The number of rotatable bonds is 2. The summed E-state index contributed by atoms with van der Waals surface area (Å²) in [5.74, 6) is 0. The van der Waals surface area contributed by atoms with E-state index in [4.69, 9.17) is 11.6 Å². The number of para-hydroxylation sites is 2. The van der Waals surface area contributed by atoms with E-state index >= 15 is 0 Å². The second kappa shape index (κ2) is 6.76. The van der Waals surface area contributed by atoms with Gasteiger partial charge < -0.3 is 0 Å². The van der Waals surface area contributed by atoms with E-state index in [0.717, 1.165) is 42.9 Å². The van der Waals surface area contributed by atoms with Crippen LogP contribution in [0, 0.1) is 0 Å². The molecule has 0 bridgehead atoms. The molecule has 30 heavy (non-hydrogen) atoms. The topological polar surface area (TPSA) is 9.86 Å². The molecule has 0 amide bonds. The smallest absolute Gasteiger partial charge is 0.131 e. The minimum atomic E-state index is 0.743. The Balaban J connectivity index is 1.93. The van der Waals surface area contributed by atoms with Gasteiger partial charge in [-0.05, 0) is 54.6 Å². The van der Waals surface area contributed by atoms with Crippen molar-refractivity contribution in [2.24, 2.45) is 0 Å². The highest BCUT2D eigenvalue weighted by Crippen LogP contribution is 2.42. The van der Waals surface area contributed by atoms with Crippen molar-refractivity contribution < 1.29 is 0 Å². The summed E-state index contributed by atoms with van der Waals surface area (Å²) in [5, 5.41) is 4.32. The maximum atomic E-state index is 6.45. The SMILES string of the molecule is Clc1ccc2c(c1)c1c3ccc(Br)cc3n(-c3ccccc3)c1n2-c1ccccc1. The van der Waals surface area contributed by atoms with Crippen LogP contribution in [-0.4, -0.2) is 9.13 Å². The van der Waals surface area contributed by atoms with Crippen molar-refractivity contribution in [3.63, 3.8) is 0 Å². The Hall–Kier alpha value is -3.01. The van der Waals surface area contributed by atoms with Crippen molar-refractivity contribution in [2.45, 2.75) is 0 Å². The molecule has 0 unspecified atom stereocenters. The van der Waals surface area contributed by atoms with Gasteiger partial charge in [0.25, 0.3) is 0 Å². The van der Waals surface area contributed by atoms with Crippen molar-refractivity contribution in [1.29, 1.82) is 0 Å². The zero-order valence-electron chi connectivity index (χ0n) is 15.9. The minimum Gasteiger partial charge on any atom is -0.295 e. The van der Waals surface area contributed by atoms with E-state index in [2.05, 4.69) is 110 Å². The molecule has 0 aliphatic heterocycles. The van der Waals surface area contributed by atoms with Gasteiger partial charge in [-0.3, -0.25) is 9.13 Å². The van der Waals surface area contributed by atoms with Crippen LogP contribution in [0.5, 0.6) is 0 Å². The third kappa shape index (κ3) is 2.56. The molecule has 144 valence electrons. The van der Waals surface area contributed by atoms with Gasteiger partial charge >= 0.3 is 0 Å². The fourth-order valence-corrected chi connectivity index (χ4v) is 4.94. The van der Waals surface area contributed by atoms with Crippen LogP contribution >= 0.6 is 27.5 Å². The van der Waals surface area contributed by atoms with Crippen LogP contribution in [0.2, 0.25) is 5.02 Å². The molecular formula is C26H16BrClN2. The quantitative estimate of drug-likeness (QED) is 0.241. The predicted octanol–water partition coefficient (Wildman–Crippen LogP) is 8.14. The highest BCUT2D eigenvalue weighted by atomic mass is 79.9. The summed E-state index contributed by atoms with van der Waals surface area (Å²) in [5.41, 5.74) is 5.69. The van der Waals surface area contributed by atoms with Gasteiger partial charge in [-0.2, -0.15) is 0 Å². The summed E-state index contributed by atoms with van der Waals surface area (Å²) in [6, 6.07) is 33.7.